The molecule has 1 saturated carbocycles. The van der Waals surface area contributed by atoms with Gasteiger partial charge in [-0.05, 0) is 26.3 Å². The number of ether oxygens (including phenoxy) is 1. The number of thioether (sulfide) groups is 1. The molecule has 1 aliphatic rings. The van der Waals surface area contributed by atoms with Crippen LogP contribution in [0.2, 0.25) is 0 Å². The molecule has 0 amide bonds. The fraction of sp³-hybridized carbons (Fsp3) is 0.900. The number of hydrogen-bond acceptors (Lipinski definition) is 4. The second-order valence-electron chi connectivity index (χ2n) is 3.66. The number of carbonyl (C=O) groups excluding carboxylic acids is 1. The summed E-state index contributed by atoms with van der Waals surface area (Å²) in [5.74, 6) is 0.388. The van der Waals surface area contributed by atoms with Crippen LogP contribution in [-0.2, 0) is 9.53 Å². The van der Waals surface area contributed by atoms with Crippen LogP contribution in [0.4, 0.5) is 0 Å². The number of methoxy groups -OCH3 is 1. The molecule has 3 nitrogen and oxygen atoms in total. The second-order valence-corrected chi connectivity index (χ2v) is 4.95. The maximum Gasteiger partial charge on any atom is 0.315 e. The van der Waals surface area contributed by atoms with E-state index in [2.05, 4.69) is 10.1 Å². The Morgan fingerprint density at radius 3 is 3.00 bits per heavy atom. The minimum atomic E-state index is -0.110. The number of rotatable bonds is 4. The van der Waals surface area contributed by atoms with E-state index in [-0.39, 0.29) is 5.97 Å². The predicted octanol–water partition coefficient (Wildman–Crippen LogP) is 1.42. The number of carbonyl (C=O) groups is 1. The van der Waals surface area contributed by atoms with Crippen LogP contribution in [0.3, 0.4) is 0 Å². The van der Waals surface area contributed by atoms with Crippen molar-refractivity contribution in [3.8, 4) is 0 Å². The Kier molecular flexibility index (Phi) is 5.33. The van der Waals surface area contributed by atoms with Crippen molar-refractivity contribution in [2.45, 2.75) is 37.0 Å². The Hall–Kier alpha value is -0.220. The molecule has 1 N–H and O–H groups in total. The van der Waals surface area contributed by atoms with Gasteiger partial charge in [-0.15, -0.1) is 11.8 Å². The zero-order chi connectivity index (χ0) is 10.4. The summed E-state index contributed by atoms with van der Waals surface area (Å²) in [5.41, 5.74) is 0. The fourth-order valence-electron chi connectivity index (χ4n) is 1.80. The lowest BCUT2D eigenvalue weighted by atomic mass is 9.95. The van der Waals surface area contributed by atoms with Crippen molar-refractivity contribution in [3.63, 3.8) is 0 Å². The van der Waals surface area contributed by atoms with Gasteiger partial charge in [-0.25, -0.2) is 0 Å². The summed E-state index contributed by atoms with van der Waals surface area (Å²) >= 11 is 1.73. The van der Waals surface area contributed by atoms with E-state index in [1.807, 2.05) is 7.05 Å². The third-order valence-corrected chi connectivity index (χ3v) is 4.00. The molecule has 0 aromatic carbocycles. The lowest BCUT2D eigenvalue weighted by Gasteiger charge is -2.28. The van der Waals surface area contributed by atoms with E-state index in [1.165, 1.54) is 32.8 Å². The highest BCUT2D eigenvalue weighted by Crippen LogP contribution is 2.28. The summed E-state index contributed by atoms with van der Waals surface area (Å²) in [4.78, 5) is 10.9. The molecule has 2 unspecified atom stereocenters. The normalized spacial score (nSPS) is 27.3. The van der Waals surface area contributed by atoms with Gasteiger partial charge in [0.15, 0.2) is 0 Å². The zero-order valence-corrected chi connectivity index (χ0v) is 9.73. The van der Waals surface area contributed by atoms with Crippen LogP contribution in [-0.4, -0.2) is 37.2 Å². The Bertz CT molecular complexity index is 187. The van der Waals surface area contributed by atoms with Gasteiger partial charge in [0.2, 0.25) is 0 Å². The number of nitrogens with one attached hydrogen (secondary N) is 1. The highest BCUT2D eigenvalue weighted by Gasteiger charge is 2.21. The highest BCUT2D eigenvalue weighted by atomic mass is 32.2. The topological polar surface area (TPSA) is 38.3 Å². The van der Waals surface area contributed by atoms with Crippen molar-refractivity contribution in [1.29, 1.82) is 0 Å². The summed E-state index contributed by atoms with van der Waals surface area (Å²) in [6.45, 7) is 0. The first kappa shape index (κ1) is 11.9. The summed E-state index contributed by atoms with van der Waals surface area (Å²) < 4.78 is 4.62. The molecular weight excluding hydrogens is 198 g/mol. The van der Waals surface area contributed by atoms with Crippen molar-refractivity contribution in [1.82, 2.24) is 5.32 Å². The van der Waals surface area contributed by atoms with Gasteiger partial charge < -0.3 is 10.1 Å². The monoisotopic (exact) mass is 217 g/mol. The minimum absolute atomic E-state index is 0.110. The second kappa shape index (κ2) is 6.30. The molecule has 1 aliphatic carbocycles. The van der Waals surface area contributed by atoms with Gasteiger partial charge in [0.25, 0.3) is 0 Å². The lowest BCUT2D eigenvalue weighted by molar-refractivity contribution is -0.137. The molecule has 82 valence electrons. The van der Waals surface area contributed by atoms with Gasteiger partial charge in [-0.2, -0.15) is 0 Å². The maximum atomic E-state index is 10.9. The van der Waals surface area contributed by atoms with Crippen LogP contribution in [0, 0.1) is 0 Å². The standard InChI is InChI=1S/C10H19NO2S/c1-11-8-4-3-5-9(6-8)14-7-10(12)13-2/h8-9,11H,3-7H2,1-2H3. The molecule has 0 bridgehead atoms. The Morgan fingerprint density at radius 1 is 1.57 bits per heavy atom. The zero-order valence-electron chi connectivity index (χ0n) is 8.91. The fourth-order valence-corrected chi connectivity index (χ4v) is 2.99. The summed E-state index contributed by atoms with van der Waals surface area (Å²) in [5, 5.41) is 3.93. The smallest absolute Gasteiger partial charge is 0.315 e. The van der Waals surface area contributed by atoms with E-state index >= 15 is 0 Å². The summed E-state index contributed by atoms with van der Waals surface area (Å²) in [7, 11) is 3.46. The van der Waals surface area contributed by atoms with Gasteiger partial charge in [-0.3, -0.25) is 4.79 Å². The van der Waals surface area contributed by atoms with Crippen LogP contribution in [0.1, 0.15) is 25.7 Å². The van der Waals surface area contributed by atoms with Crippen LogP contribution < -0.4 is 5.32 Å². The largest absolute Gasteiger partial charge is 0.468 e. The summed E-state index contributed by atoms with van der Waals surface area (Å²) in [6.07, 6.45) is 4.95. The maximum absolute atomic E-state index is 10.9. The molecule has 0 aromatic rings. The van der Waals surface area contributed by atoms with Crippen molar-refractivity contribution < 1.29 is 9.53 Å². The van der Waals surface area contributed by atoms with E-state index < -0.39 is 0 Å². The lowest BCUT2D eigenvalue weighted by Crippen LogP contribution is -2.32. The third kappa shape index (κ3) is 3.88. The van der Waals surface area contributed by atoms with Crippen molar-refractivity contribution >= 4 is 17.7 Å². The minimum Gasteiger partial charge on any atom is -0.468 e. The Labute approximate surface area is 90.0 Å². The molecular formula is C10H19NO2S. The highest BCUT2D eigenvalue weighted by molar-refractivity contribution is 8.00. The molecule has 2 atom stereocenters. The predicted molar refractivity (Wildman–Crippen MR) is 59.6 cm³/mol. The first-order valence-electron chi connectivity index (χ1n) is 5.12. The van der Waals surface area contributed by atoms with E-state index in [0.29, 0.717) is 17.0 Å². The van der Waals surface area contributed by atoms with Crippen LogP contribution >= 0.6 is 11.8 Å². The van der Waals surface area contributed by atoms with Gasteiger partial charge in [-0.1, -0.05) is 6.42 Å². The van der Waals surface area contributed by atoms with Gasteiger partial charge in [0.05, 0.1) is 12.9 Å². The quantitative estimate of drug-likeness (QED) is 0.723. The first-order valence-corrected chi connectivity index (χ1v) is 6.16. The summed E-state index contributed by atoms with van der Waals surface area (Å²) in [6, 6.07) is 0.638. The van der Waals surface area contributed by atoms with Gasteiger partial charge >= 0.3 is 5.97 Å². The number of esters is 1. The van der Waals surface area contributed by atoms with E-state index in [9.17, 15) is 4.79 Å². The molecule has 0 saturated heterocycles. The average Bonchev–Trinajstić information content (AvgIpc) is 2.26. The first-order chi connectivity index (χ1) is 6.76. The molecule has 0 aromatic heterocycles. The Balaban J connectivity index is 2.20. The Morgan fingerprint density at radius 2 is 2.36 bits per heavy atom. The van der Waals surface area contributed by atoms with Crippen LogP contribution in [0.15, 0.2) is 0 Å². The SMILES string of the molecule is CNC1CCCC(SCC(=O)OC)C1. The molecule has 0 radical (unpaired) electrons. The van der Waals surface area contributed by atoms with Crippen molar-refractivity contribution in [2.75, 3.05) is 19.9 Å². The average molecular weight is 217 g/mol. The van der Waals surface area contributed by atoms with E-state index in [4.69, 9.17) is 0 Å². The molecule has 0 heterocycles. The molecule has 0 aliphatic heterocycles. The van der Waals surface area contributed by atoms with E-state index in [1.54, 1.807) is 11.8 Å². The van der Waals surface area contributed by atoms with Gasteiger partial charge in [0, 0.05) is 11.3 Å². The molecule has 1 rings (SSSR count). The molecule has 14 heavy (non-hydrogen) atoms. The van der Waals surface area contributed by atoms with Gasteiger partial charge in [0.1, 0.15) is 0 Å². The molecule has 4 heteroatoms. The third-order valence-electron chi connectivity index (χ3n) is 2.70. The van der Waals surface area contributed by atoms with Crippen LogP contribution in [0.5, 0.6) is 0 Å². The van der Waals surface area contributed by atoms with Crippen LogP contribution in [0.25, 0.3) is 0 Å². The molecule has 0 spiro atoms. The van der Waals surface area contributed by atoms with Crippen molar-refractivity contribution in [3.05, 3.63) is 0 Å². The molecule has 1 fully saturated rings. The van der Waals surface area contributed by atoms with E-state index in [0.717, 1.165) is 0 Å². The van der Waals surface area contributed by atoms with Crippen molar-refractivity contribution in [2.24, 2.45) is 0 Å². The number of hydrogen-bond donors (Lipinski definition) is 1.